The summed E-state index contributed by atoms with van der Waals surface area (Å²) >= 11 is 0. The molecule has 3 fully saturated rings. The topological polar surface area (TPSA) is 83.9 Å². The summed E-state index contributed by atoms with van der Waals surface area (Å²) in [5, 5.41) is 13.3. The van der Waals surface area contributed by atoms with Crippen molar-refractivity contribution in [3.05, 3.63) is 30.1 Å². The Kier molecular flexibility index (Phi) is 6.57. The molecule has 2 N–H and O–H groups in total. The Hall–Kier alpha value is -1.54. The quantitative estimate of drug-likeness (QED) is 0.758. The molecule has 7 nitrogen and oxygen atoms in total. The standard InChI is InChI=1S/C21H31N3O4/c25-17-12-24(11-16-5-7-22-8-6-16)19-4-3-18(28-20(19)14-27-13-17)9-21(26)23-10-15-1-2-15/h5-8,15,17-20,25H,1-4,9-14H2,(H,23,26)/t17-,18-,19-,20+/m0/s1. The Labute approximate surface area is 166 Å². The monoisotopic (exact) mass is 389 g/mol. The van der Waals surface area contributed by atoms with Gasteiger partial charge in [-0.1, -0.05) is 0 Å². The fraction of sp³-hybridized carbons (Fsp3) is 0.714. The number of hydrogen-bond donors (Lipinski definition) is 2. The van der Waals surface area contributed by atoms with Gasteiger partial charge in [0, 0.05) is 38.1 Å². The van der Waals surface area contributed by atoms with E-state index in [1.165, 1.54) is 18.4 Å². The Bertz CT molecular complexity index is 640. The lowest BCUT2D eigenvalue weighted by atomic mass is 9.94. The van der Waals surface area contributed by atoms with E-state index in [1.54, 1.807) is 12.4 Å². The maximum atomic E-state index is 12.2. The third kappa shape index (κ3) is 5.50. The lowest BCUT2D eigenvalue weighted by Crippen LogP contribution is -2.55. The largest absolute Gasteiger partial charge is 0.389 e. The van der Waals surface area contributed by atoms with Crippen LogP contribution in [0.15, 0.2) is 24.5 Å². The van der Waals surface area contributed by atoms with Crippen molar-refractivity contribution in [3.8, 4) is 0 Å². The van der Waals surface area contributed by atoms with Crippen molar-refractivity contribution in [2.24, 2.45) is 5.92 Å². The van der Waals surface area contributed by atoms with E-state index in [0.717, 1.165) is 25.9 Å². The molecule has 0 spiro atoms. The zero-order valence-corrected chi connectivity index (χ0v) is 16.3. The summed E-state index contributed by atoms with van der Waals surface area (Å²) in [6, 6.07) is 4.19. The molecule has 7 heteroatoms. The normalized spacial score (nSPS) is 31.5. The highest BCUT2D eigenvalue weighted by Crippen LogP contribution is 2.29. The van der Waals surface area contributed by atoms with Crippen LogP contribution in [0.5, 0.6) is 0 Å². The first-order valence-electron chi connectivity index (χ1n) is 10.5. The number of aromatic nitrogens is 1. The van der Waals surface area contributed by atoms with Gasteiger partial charge in [-0.25, -0.2) is 0 Å². The minimum absolute atomic E-state index is 0.0591. The van der Waals surface area contributed by atoms with E-state index in [-0.39, 0.29) is 24.2 Å². The zero-order valence-electron chi connectivity index (χ0n) is 16.3. The van der Waals surface area contributed by atoms with Crippen LogP contribution in [-0.4, -0.2) is 71.6 Å². The summed E-state index contributed by atoms with van der Waals surface area (Å²) in [5.41, 5.74) is 1.17. The molecular formula is C21H31N3O4. The molecule has 1 amide bonds. The molecule has 28 heavy (non-hydrogen) atoms. The van der Waals surface area contributed by atoms with Crippen LogP contribution in [0.1, 0.15) is 37.7 Å². The molecule has 3 heterocycles. The number of fused-ring (bicyclic) bond motifs is 1. The Morgan fingerprint density at radius 1 is 1.21 bits per heavy atom. The summed E-state index contributed by atoms with van der Waals surface area (Å²) in [6.07, 6.45) is 7.62. The van der Waals surface area contributed by atoms with Crippen molar-refractivity contribution in [3.63, 3.8) is 0 Å². The highest BCUT2D eigenvalue weighted by Gasteiger charge is 2.38. The fourth-order valence-corrected chi connectivity index (χ4v) is 4.21. The minimum atomic E-state index is -0.506. The molecule has 154 valence electrons. The number of β-amino-alcohol motifs (C(OH)–C–C–N with tert-alkyl or cyclic N) is 1. The maximum absolute atomic E-state index is 12.2. The summed E-state index contributed by atoms with van der Waals surface area (Å²) in [5.74, 6) is 0.777. The van der Waals surface area contributed by atoms with Crippen molar-refractivity contribution < 1.29 is 19.4 Å². The summed E-state index contributed by atoms with van der Waals surface area (Å²) in [7, 11) is 0. The summed E-state index contributed by atoms with van der Waals surface area (Å²) in [4.78, 5) is 18.6. The van der Waals surface area contributed by atoms with Crippen LogP contribution in [0.3, 0.4) is 0 Å². The molecule has 2 aliphatic heterocycles. The van der Waals surface area contributed by atoms with E-state index in [0.29, 0.717) is 32.1 Å². The molecule has 0 bridgehead atoms. The van der Waals surface area contributed by atoms with Crippen molar-refractivity contribution >= 4 is 5.91 Å². The number of rotatable bonds is 6. The number of nitrogens with one attached hydrogen (secondary N) is 1. The number of ether oxygens (including phenoxy) is 2. The lowest BCUT2D eigenvalue weighted by molar-refractivity contribution is -0.158. The zero-order chi connectivity index (χ0) is 19.3. The average Bonchev–Trinajstić information content (AvgIpc) is 3.50. The first-order valence-corrected chi connectivity index (χ1v) is 10.5. The van der Waals surface area contributed by atoms with Gasteiger partial charge in [0.2, 0.25) is 5.91 Å². The number of carbonyl (C=O) groups excluding carboxylic acids is 1. The van der Waals surface area contributed by atoms with E-state index in [4.69, 9.17) is 9.47 Å². The van der Waals surface area contributed by atoms with Crippen LogP contribution in [0.4, 0.5) is 0 Å². The Morgan fingerprint density at radius 2 is 2.04 bits per heavy atom. The molecule has 2 saturated heterocycles. The van der Waals surface area contributed by atoms with Gasteiger partial charge in [0.25, 0.3) is 0 Å². The minimum Gasteiger partial charge on any atom is -0.389 e. The summed E-state index contributed by atoms with van der Waals surface area (Å²) in [6.45, 7) is 2.87. The predicted molar refractivity (Wildman–Crippen MR) is 104 cm³/mol. The Balaban J connectivity index is 1.36. The number of aliphatic hydroxyl groups is 1. The summed E-state index contributed by atoms with van der Waals surface area (Å²) < 4.78 is 12.0. The molecule has 0 unspecified atom stereocenters. The molecule has 1 aliphatic carbocycles. The Morgan fingerprint density at radius 3 is 2.82 bits per heavy atom. The first-order chi connectivity index (χ1) is 13.7. The van der Waals surface area contributed by atoms with E-state index in [1.807, 2.05) is 12.1 Å². The number of aliphatic hydroxyl groups excluding tert-OH is 1. The maximum Gasteiger partial charge on any atom is 0.222 e. The molecule has 1 aromatic rings. The van der Waals surface area contributed by atoms with Crippen molar-refractivity contribution in [2.75, 3.05) is 26.3 Å². The van der Waals surface area contributed by atoms with Crippen molar-refractivity contribution in [1.29, 1.82) is 0 Å². The van der Waals surface area contributed by atoms with Gasteiger partial charge in [0.05, 0.1) is 37.9 Å². The second kappa shape index (κ2) is 9.31. The van der Waals surface area contributed by atoms with Gasteiger partial charge in [0.15, 0.2) is 0 Å². The van der Waals surface area contributed by atoms with Gasteiger partial charge in [-0.3, -0.25) is 14.7 Å². The van der Waals surface area contributed by atoms with E-state index < -0.39 is 6.10 Å². The van der Waals surface area contributed by atoms with Crippen LogP contribution in [-0.2, 0) is 20.8 Å². The van der Waals surface area contributed by atoms with Crippen LogP contribution < -0.4 is 5.32 Å². The molecule has 1 aromatic heterocycles. The number of carbonyl (C=O) groups is 1. The average molecular weight is 389 g/mol. The van der Waals surface area contributed by atoms with Crippen LogP contribution in [0, 0.1) is 5.92 Å². The van der Waals surface area contributed by atoms with Gasteiger partial charge < -0.3 is 19.9 Å². The van der Waals surface area contributed by atoms with E-state index >= 15 is 0 Å². The fourth-order valence-electron chi connectivity index (χ4n) is 4.21. The third-order valence-corrected chi connectivity index (χ3v) is 5.92. The molecular weight excluding hydrogens is 358 g/mol. The SMILES string of the molecule is O=C(C[C@@H]1CC[C@H]2[C@@H](COC[C@@H](O)CN2Cc2ccncc2)O1)NCC1CC1. The molecule has 1 saturated carbocycles. The molecule has 4 rings (SSSR count). The van der Waals surface area contributed by atoms with Crippen LogP contribution in [0.2, 0.25) is 0 Å². The number of amides is 1. The number of hydrogen-bond acceptors (Lipinski definition) is 6. The third-order valence-electron chi connectivity index (χ3n) is 5.92. The van der Waals surface area contributed by atoms with Gasteiger partial charge >= 0.3 is 0 Å². The van der Waals surface area contributed by atoms with E-state index in [9.17, 15) is 9.90 Å². The van der Waals surface area contributed by atoms with Gasteiger partial charge in [0.1, 0.15) is 0 Å². The second-order valence-electron chi connectivity index (χ2n) is 8.37. The second-order valence-corrected chi connectivity index (χ2v) is 8.37. The van der Waals surface area contributed by atoms with Crippen LogP contribution >= 0.6 is 0 Å². The lowest BCUT2D eigenvalue weighted by Gasteiger charge is -2.44. The van der Waals surface area contributed by atoms with Crippen molar-refractivity contribution in [2.45, 2.75) is 63.0 Å². The van der Waals surface area contributed by atoms with Crippen LogP contribution in [0.25, 0.3) is 0 Å². The number of nitrogens with zero attached hydrogens (tertiary/aromatic N) is 2. The number of pyridine rings is 1. The van der Waals surface area contributed by atoms with Gasteiger partial charge in [-0.05, 0) is 49.3 Å². The molecule has 3 aliphatic rings. The molecule has 4 atom stereocenters. The van der Waals surface area contributed by atoms with Gasteiger partial charge in [-0.15, -0.1) is 0 Å². The molecule has 0 radical (unpaired) electrons. The predicted octanol–water partition coefficient (Wildman–Crippen LogP) is 1.11. The smallest absolute Gasteiger partial charge is 0.222 e. The van der Waals surface area contributed by atoms with Gasteiger partial charge in [-0.2, -0.15) is 0 Å². The molecule has 0 aromatic carbocycles. The van der Waals surface area contributed by atoms with E-state index in [2.05, 4.69) is 15.2 Å². The first kappa shape index (κ1) is 19.8. The highest BCUT2D eigenvalue weighted by atomic mass is 16.5. The van der Waals surface area contributed by atoms with Crippen molar-refractivity contribution in [1.82, 2.24) is 15.2 Å². The highest BCUT2D eigenvalue weighted by molar-refractivity contribution is 5.76.